The Hall–Kier alpha value is -4.67. The number of rotatable bonds is 6. The van der Waals surface area contributed by atoms with Crippen LogP contribution < -0.4 is 16.4 Å². The Labute approximate surface area is 187 Å². The lowest BCUT2D eigenvalue weighted by atomic mass is 10.2. The van der Waals surface area contributed by atoms with Gasteiger partial charge in [0, 0.05) is 18.8 Å². The molecule has 1 aromatic carbocycles. The SMILES string of the molecule is CN(C(=O)C=O)c1c(N)nc(-c2cc(-c3ccccn3)n(Cc3ccccc3F)n2)nc1N. The van der Waals surface area contributed by atoms with Gasteiger partial charge in [0.2, 0.25) is 6.29 Å². The molecular weight excluding hydrogens is 427 g/mol. The smallest absolute Gasteiger partial charge is 0.291 e. The lowest BCUT2D eigenvalue weighted by Gasteiger charge is -2.17. The van der Waals surface area contributed by atoms with Crippen molar-refractivity contribution in [1.82, 2.24) is 24.7 Å². The van der Waals surface area contributed by atoms with Crippen molar-refractivity contribution in [2.75, 3.05) is 23.4 Å². The van der Waals surface area contributed by atoms with Gasteiger partial charge in [0.25, 0.3) is 5.91 Å². The summed E-state index contributed by atoms with van der Waals surface area (Å²) in [5, 5.41) is 4.54. The predicted octanol–water partition coefficient (Wildman–Crippen LogP) is 1.92. The number of nitrogen functional groups attached to an aromatic ring is 2. The van der Waals surface area contributed by atoms with Crippen molar-refractivity contribution in [3.8, 4) is 22.9 Å². The summed E-state index contributed by atoms with van der Waals surface area (Å²) in [6.07, 6.45) is 1.77. The molecule has 0 saturated carbocycles. The standard InChI is InChI=1S/C22H19FN8O2/c1-30(18(33)12-32)19-20(24)27-22(28-21(19)25)16-10-17(15-8-4-5-9-26-15)31(29-16)11-13-6-2-3-7-14(13)23/h2-10,12H,11H2,1H3,(H4,24,25,27,28). The fourth-order valence-electron chi connectivity index (χ4n) is 3.29. The van der Waals surface area contributed by atoms with Crippen LogP contribution in [0.4, 0.5) is 21.7 Å². The second kappa shape index (κ2) is 8.83. The van der Waals surface area contributed by atoms with E-state index in [-0.39, 0.29) is 41.8 Å². The second-order valence-corrected chi connectivity index (χ2v) is 7.06. The number of hydrogen-bond donors (Lipinski definition) is 2. The average Bonchev–Trinajstić information content (AvgIpc) is 3.24. The number of aldehydes is 1. The van der Waals surface area contributed by atoms with Crippen molar-refractivity contribution in [3.05, 3.63) is 66.1 Å². The van der Waals surface area contributed by atoms with Gasteiger partial charge in [0.15, 0.2) is 17.5 Å². The summed E-state index contributed by atoms with van der Waals surface area (Å²) in [7, 11) is 1.34. The Morgan fingerprint density at radius 2 is 1.79 bits per heavy atom. The highest BCUT2D eigenvalue weighted by molar-refractivity contribution is 6.31. The van der Waals surface area contributed by atoms with E-state index in [0.717, 1.165) is 4.90 Å². The van der Waals surface area contributed by atoms with E-state index < -0.39 is 5.91 Å². The van der Waals surface area contributed by atoms with Crippen LogP contribution in [0.3, 0.4) is 0 Å². The topological polar surface area (TPSA) is 146 Å². The van der Waals surface area contributed by atoms with E-state index in [9.17, 15) is 14.0 Å². The minimum Gasteiger partial charge on any atom is -0.382 e. The maximum atomic E-state index is 14.3. The first-order chi connectivity index (χ1) is 15.9. The van der Waals surface area contributed by atoms with Crippen LogP contribution >= 0.6 is 0 Å². The Kier molecular flexibility index (Phi) is 5.77. The molecule has 10 nitrogen and oxygen atoms in total. The molecule has 0 aliphatic heterocycles. The van der Waals surface area contributed by atoms with Gasteiger partial charge in [-0.25, -0.2) is 14.4 Å². The third-order valence-corrected chi connectivity index (χ3v) is 4.92. The molecule has 0 saturated heterocycles. The molecule has 0 aliphatic carbocycles. The summed E-state index contributed by atoms with van der Waals surface area (Å²) in [5.41, 5.74) is 14.0. The molecule has 11 heteroatoms. The van der Waals surface area contributed by atoms with Gasteiger partial charge in [-0.05, 0) is 24.3 Å². The summed E-state index contributed by atoms with van der Waals surface area (Å²) in [5.74, 6) is -1.31. The van der Waals surface area contributed by atoms with E-state index in [1.165, 1.54) is 13.1 Å². The van der Waals surface area contributed by atoms with Gasteiger partial charge < -0.3 is 16.4 Å². The van der Waals surface area contributed by atoms with Crippen molar-refractivity contribution < 1.29 is 14.0 Å². The summed E-state index contributed by atoms with van der Waals surface area (Å²) in [6, 6.07) is 13.5. The Balaban J connectivity index is 1.80. The fraction of sp³-hybridized carbons (Fsp3) is 0.0909. The number of likely N-dealkylation sites (N-methyl/N-ethyl adjacent to an activating group) is 1. The quantitative estimate of drug-likeness (QED) is 0.337. The molecule has 1 amide bonds. The van der Waals surface area contributed by atoms with Crippen LogP contribution in [0.5, 0.6) is 0 Å². The normalized spacial score (nSPS) is 10.7. The third-order valence-electron chi connectivity index (χ3n) is 4.92. The van der Waals surface area contributed by atoms with Crippen LogP contribution in [0.2, 0.25) is 0 Å². The van der Waals surface area contributed by atoms with Crippen LogP contribution in [0.25, 0.3) is 22.9 Å². The molecule has 0 atom stereocenters. The largest absolute Gasteiger partial charge is 0.382 e. The first kappa shape index (κ1) is 21.6. The minimum atomic E-state index is -0.851. The lowest BCUT2D eigenvalue weighted by molar-refractivity contribution is -0.129. The zero-order chi connectivity index (χ0) is 23.5. The molecule has 166 valence electrons. The molecule has 0 spiro atoms. The van der Waals surface area contributed by atoms with Crippen LogP contribution in [0.15, 0.2) is 54.7 Å². The monoisotopic (exact) mass is 446 g/mol. The number of benzene rings is 1. The predicted molar refractivity (Wildman–Crippen MR) is 120 cm³/mol. The summed E-state index contributed by atoms with van der Waals surface area (Å²) < 4.78 is 15.9. The third kappa shape index (κ3) is 4.24. The molecule has 0 aliphatic rings. The molecular formula is C22H19FN8O2. The number of aromatic nitrogens is 5. The summed E-state index contributed by atoms with van der Waals surface area (Å²) in [6.45, 7) is 0.137. The number of anilines is 3. The van der Waals surface area contributed by atoms with Crippen molar-refractivity contribution in [1.29, 1.82) is 0 Å². The molecule has 4 aromatic rings. The molecule has 3 heterocycles. The maximum Gasteiger partial charge on any atom is 0.291 e. The van der Waals surface area contributed by atoms with E-state index in [2.05, 4.69) is 20.1 Å². The second-order valence-electron chi connectivity index (χ2n) is 7.06. The van der Waals surface area contributed by atoms with Crippen LogP contribution in [0.1, 0.15) is 5.56 Å². The Bertz CT molecular complexity index is 1320. The highest BCUT2D eigenvalue weighted by Crippen LogP contribution is 2.31. The number of nitrogens with zero attached hydrogens (tertiary/aromatic N) is 6. The number of hydrogen-bond acceptors (Lipinski definition) is 8. The van der Waals surface area contributed by atoms with Gasteiger partial charge in [-0.2, -0.15) is 5.10 Å². The Morgan fingerprint density at radius 1 is 1.09 bits per heavy atom. The molecule has 0 bridgehead atoms. The van der Waals surface area contributed by atoms with Gasteiger partial charge >= 0.3 is 0 Å². The average molecular weight is 446 g/mol. The van der Waals surface area contributed by atoms with Crippen LogP contribution in [-0.2, 0) is 16.1 Å². The summed E-state index contributed by atoms with van der Waals surface area (Å²) in [4.78, 5) is 36.3. The van der Waals surface area contributed by atoms with Crippen molar-refractivity contribution in [3.63, 3.8) is 0 Å². The molecule has 4 rings (SSSR count). The fourth-order valence-corrected chi connectivity index (χ4v) is 3.29. The number of halogens is 1. The number of amides is 1. The molecule has 4 N–H and O–H groups in total. The number of pyridine rings is 1. The molecule has 0 unspecified atom stereocenters. The van der Waals surface area contributed by atoms with Crippen LogP contribution in [-0.4, -0.2) is 44.0 Å². The highest BCUT2D eigenvalue weighted by Gasteiger charge is 2.22. The van der Waals surface area contributed by atoms with E-state index in [1.54, 1.807) is 47.3 Å². The van der Waals surface area contributed by atoms with Gasteiger partial charge in [-0.1, -0.05) is 24.3 Å². The molecule has 0 radical (unpaired) electrons. The van der Waals surface area contributed by atoms with Gasteiger partial charge in [0.1, 0.15) is 17.2 Å². The number of nitrogens with two attached hydrogens (primary N) is 2. The van der Waals surface area contributed by atoms with E-state index >= 15 is 0 Å². The number of carbonyl (C=O) groups excluding carboxylic acids is 2. The zero-order valence-electron chi connectivity index (χ0n) is 17.5. The first-order valence-corrected chi connectivity index (χ1v) is 9.78. The molecule has 0 fully saturated rings. The lowest BCUT2D eigenvalue weighted by Crippen LogP contribution is -2.29. The maximum absolute atomic E-state index is 14.3. The van der Waals surface area contributed by atoms with Gasteiger partial charge in [0.05, 0.1) is 17.9 Å². The van der Waals surface area contributed by atoms with Gasteiger partial charge in [-0.15, -0.1) is 0 Å². The first-order valence-electron chi connectivity index (χ1n) is 9.78. The molecule has 33 heavy (non-hydrogen) atoms. The van der Waals surface area contributed by atoms with Crippen molar-refractivity contribution in [2.45, 2.75) is 6.54 Å². The minimum absolute atomic E-state index is 0.0200. The van der Waals surface area contributed by atoms with E-state index in [0.29, 0.717) is 22.6 Å². The Morgan fingerprint density at radius 3 is 2.42 bits per heavy atom. The molecule has 3 aromatic heterocycles. The van der Waals surface area contributed by atoms with E-state index in [1.807, 2.05) is 6.07 Å². The van der Waals surface area contributed by atoms with E-state index in [4.69, 9.17) is 11.5 Å². The van der Waals surface area contributed by atoms with Crippen molar-refractivity contribution in [2.24, 2.45) is 0 Å². The summed E-state index contributed by atoms with van der Waals surface area (Å²) >= 11 is 0. The van der Waals surface area contributed by atoms with Gasteiger partial charge in [-0.3, -0.25) is 19.3 Å². The highest BCUT2D eigenvalue weighted by atomic mass is 19.1. The van der Waals surface area contributed by atoms with Crippen molar-refractivity contribution >= 4 is 29.5 Å². The van der Waals surface area contributed by atoms with Crippen LogP contribution in [0, 0.1) is 5.82 Å². The number of carbonyl (C=O) groups is 2. The zero-order valence-corrected chi connectivity index (χ0v) is 17.5.